The molecule has 0 aliphatic heterocycles. The molecule has 1 aromatic carbocycles. The van der Waals surface area contributed by atoms with E-state index in [0.717, 1.165) is 14.9 Å². The standard InChI is InChI=1S/C14H13BrO3S/c1-2-17-13-7-10(8-16)3-5-12(13)18-9-11-4-6-14(15)19-11/h3-8H,2,9H2,1H3. The van der Waals surface area contributed by atoms with Gasteiger partial charge in [-0.05, 0) is 53.2 Å². The van der Waals surface area contributed by atoms with Crippen molar-refractivity contribution in [3.8, 4) is 11.5 Å². The third-order valence-corrected chi connectivity index (χ3v) is 4.00. The van der Waals surface area contributed by atoms with Crippen molar-refractivity contribution >= 4 is 33.6 Å². The summed E-state index contributed by atoms with van der Waals surface area (Å²) in [6.45, 7) is 2.91. The number of hydrogen-bond acceptors (Lipinski definition) is 4. The molecule has 5 heteroatoms. The van der Waals surface area contributed by atoms with E-state index in [-0.39, 0.29) is 0 Å². The number of ether oxygens (including phenoxy) is 2. The fourth-order valence-electron chi connectivity index (χ4n) is 1.56. The van der Waals surface area contributed by atoms with E-state index in [2.05, 4.69) is 15.9 Å². The largest absolute Gasteiger partial charge is 0.490 e. The lowest BCUT2D eigenvalue weighted by atomic mass is 10.2. The number of rotatable bonds is 6. The zero-order valence-corrected chi connectivity index (χ0v) is 12.8. The van der Waals surface area contributed by atoms with E-state index in [1.165, 1.54) is 0 Å². The molecule has 0 spiro atoms. The second-order valence-electron chi connectivity index (χ2n) is 3.75. The van der Waals surface area contributed by atoms with Crippen LogP contribution in [-0.4, -0.2) is 12.9 Å². The van der Waals surface area contributed by atoms with Gasteiger partial charge in [0.15, 0.2) is 11.5 Å². The Labute approximate surface area is 124 Å². The predicted molar refractivity (Wildman–Crippen MR) is 79.3 cm³/mol. The molecule has 19 heavy (non-hydrogen) atoms. The summed E-state index contributed by atoms with van der Waals surface area (Å²) in [4.78, 5) is 11.9. The zero-order valence-electron chi connectivity index (χ0n) is 10.4. The first-order valence-corrected chi connectivity index (χ1v) is 7.43. The quantitative estimate of drug-likeness (QED) is 0.735. The van der Waals surface area contributed by atoms with Crippen molar-refractivity contribution in [3.05, 3.63) is 44.6 Å². The number of carbonyl (C=O) groups excluding carboxylic acids is 1. The Morgan fingerprint density at radius 2 is 2.05 bits per heavy atom. The van der Waals surface area contributed by atoms with Crippen LogP contribution in [0.1, 0.15) is 22.2 Å². The number of carbonyl (C=O) groups is 1. The summed E-state index contributed by atoms with van der Waals surface area (Å²) in [5.41, 5.74) is 0.578. The molecule has 0 aliphatic rings. The van der Waals surface area contributed by atoms with Crippen LogP contribution >= 0.6 is 27.3 Å². The highest BCUT2D eigenvalue weighted by molar-refractivity contribution is 9.11. The maximum atomic E-state index is 10.8. The minimum atomic E-state index is 0.483. The molecular weight excluding hydrogens is 328 g/mol. The van der Waals surface area contributed by atoms with Gasteiger partial charge < -0.3 is 9.47 Å². The number of hydrogen-bond donors (Lipinski definition) is 0. The van der Waals surface area contributed by atoms with Gasteiger partial charge in [-0.15, -0.1) is 11.3 Å². The number of benzene rings is 1. The molecule has 0 radical (unpaired) electrons. The first-order chi connectivity index (χ1) is 9.22. The molecule has 0 aliphatic carbocycles. The number of aldehydes is 1. The summed E-state index contributed by atoms with van der Waals surface area (Å²) >= 11 is 5.04. The van der Waals surface area contributed by atoms with Crippen LogP contribution in [0.2, 0.25) is 0 Å². The second-order valence-corrected chi connectivity index (χ2v) is 6.30. The van der Waals surface area contributed by atoms with Crippen LogP contribution in [0.15, 0.2) is 34.1 Å². The summed E-state index contributed by atoms with van der Waals surface area (Å²) in [6, 6.07) is 9.17. The molecule has 0 N–H and O–H groups in total. The van der Waals surface area contributed by atoms with Crippen molar-refractivity contribution in [2.75, 3.05) is 6.61 Å². The Morgan fingerprint density at radius 3 is 2.68 bits per heavy atom. The lowest BCUT2D eigenvalue weighted by Gasteiger charge is -2.11. The molecule has 0 saturated heterocycles. The molecular formula is C14H13BrO3S. The van der Waals surface area contributed by atoms with E-state index >= 15 is 0 Å². The molecule has 0 atom stereocenters. The third-order valence-electron chi connectivity index (χ3n) is 2.40. The summed E-state index contributed by atoms with van der Waals surface area (Å²) < 4.78 is 12.3. The van der Waals surface area contributed by atoms with E-state index in [4.69, 9.17) is 9.47 Å². The van der Waals surface area contributed by atoms with Crippen molar-refractivity contribution in [2.45, 2.75) is 13.5 Å². The first kappa shape index (κ1) is 14.1. The highest BCUT2D eigenvalue weighted by Gasteiger charge is 2.07. The van der Waals surface area contributed by atoms with E-state index in [1.54, 1.807) is 29.5 Å². The molecule has 0 saturated carbocycles. The van der Waals surface area contributed by atoms with Gasteiger partial charge in [-0.2, -0.15) is 0 Å². The van der Waals surface area contributed by atoms with E-state index < -0.39 is 0 Å². The van der Waals surface area contributed by atoms with Crippen LogP contribution in [0.4, 0.5) is 0 Å². The van der Waals surface area contributed by atoms with Gasteiger partial charge in [0, 0.05) is 10.4 Å². The summed E-state index contributed by atoms with van der Waals surface area (Å²) in [5.74, 6) is 1.25. The van der Waals surface area contributed by atoms with Gasteiger partial charge in [-0.3, -0.25) is 4.79 Å². The molecule has 100 valence electrons. The topological polar surface area (TPSA) is 35.5 Å². The molecule has 2 aromatic rings. The Morgan fingerprint density at radius 1 is 1.21 bits per heavy atom. The molecule has 3 nitrogen and oxygen atoms in total. The fourth-order valence-corrected chi connectivity index (χ4v) is 2.96. The summed E-state index contributed by atoms with van der Waals surface area (Å²) in [5, 5.41) is 0. The van der Waals surface area contributed by atoms with Crippen LogP contribution in [-0.2, 0) is 6.61 Å². The van der Waals surface area contributed by atoms with Crippen LogP contribution in [0, 0.1) is 0 Å². The van der Waals surface area contributed by atoms with Gasteiger partial charge in [-0.1, -0.05) is 0 Å². The predicted octanol–water partition coefficient (Wildman–Crippen LogP) is 4.30. The molecule has 0 amide bonds. The van der Waals surface area contributed by atoms with Crippen molar-refractivity contribution in [2.24, 2.45) is 0 Å². The molecule has 1 heterocycles. The van der Waals surface area contributed by atoms with Gasteiger partial charge in [-0.25, -0.2) is 0 Å². The van der Waals surface area contributed by atoms with Crippen molar-refractivity contribution < 1.29 is 14.3 Å². The number of halogens is 1. The average molecular weight is 341 g/mol. The Balaban J connectivity index is 2.12. The van der Waals surface area contributed by atoms with Gasteiger partial charge >= 0.3 is 0 Å². The molecule has 0 bridgehead atoms. The smallest absolute Gasteiger partial charge is 0.161 e. The minimum Gasteiger partial charge on any atom is -0.490 e. The maximum absolute atomic E-state index is 10.8. The van der Waals surface area contributed by atoms with E-state index in [1.807, 2.05) is 19.1 Å². The monoisotopic (exact) mass is 340 g/mol. The molecule has 2 rings (SSSR count). The lowest BCUT2D eigenvalue weighted by molar-refractivity contribution is 0.112. The van der Waals surface area contributed by atoms with Crippen LogP contribution in [0.3, 0.4) is 0 Å². The van der Waals surface area contributed by atoms with Gasteiger partial charge in [0.05, 0.1) is 10.4 Å². The van der Waals surface area contributed by atoms with E-state index in [9.17, 15) is 4.79 Å². The molecule has 1 aromatic heterocycles. The Hall–Kier alpha value is -1.33. The molecule has 0 fully saturated rings. The number of thiophene rings is 1. The highest BCUT2D eigenvalue weighted by Crippen LogP contribution is 2.30. The minimum absolute atomic E-state index is 0.483. The zero-order chi connectivity index (χ0) is 13.7. The SMILES string of the molecule is CCOc1cc(C=O)ccc1OCc1ccc(Br)s1. The normalized spacial score (nSPS) is 10.2. The van der Waals surface area contributed by atoms with Crippen molar-refractivity contribution in [3.63, 3.8) is 0 Å². The van der Waals surface area contributed by atoms with Crippen LogP contribution in [0.5, 0.6) is 11.5 Å². The fraction of sp³-hybridized carbons (Fsp3) is 0.214. The third kappa shape index (κ3) is 3.81. The average Bonchev–Trinajstić information content (AvgIpc) is 2.83. The van der Waals surface area contributed by atoms with Crippen LogP contribution in [0.25, 0.3) is 0 Å². The first-order valence-electron chi connectivity index (χ1n) is 5.82. The Kier molecular flexibility index (Phi) is 4.99. The van der Waals surface area contributed by atoms with Crippen molar-refractivity contribution in [1.29, 1.82) is 0 Å². The van der Waals surface area contributed by atoms with Crippen LogP contribution < -0.4 is 9.47 Å². The Bertz CT molecular complexity index is 566. The second kappa shape index (κ2) is 6.73. The van der Waals surface area contributed by atoms with E-state index in [0.29, 0.717) is 30.3 Å². The summed E-state index contributed by atoms with van der Waals surface area (Å²) in [6.07, 6.45) is 0.794. The highest BCUT2D eigenvalue weighted by atomic mass is 79.9. The van der Waals surface area contributed by atoms with Gasteiger partial charge in [0.25, 0.3) is 0 Å². The molecule has 0 unspecified atom stereocenters. The van der Waals surface area contributed by atoms with Gasteiger partial charge in [0.2, 0.25) is 0 Å². The maximum Gasteiger partial charge on any atom is 0.161 e. The van der Waals surface area contributed by atoms with Crippen molar-refractivity contribution in [1.82, 2.24) is 0 Å². The lowest BCUT2D eigenvalue weighted by Crippen LogP contribution is -1.99. The summed E-state index contributed by atoms with van der Waals surface area (Å²) in [7, 11) is 0. The van der Waals surface area contributed by atoms with Gasteiger partial charge in [0.1, 0.15) is 12.9 Å².